The van der Waals surface area contributed by atoms with Crippen molar-refractivity contribution in [3.05, 3.63) is 47.5 Å². The second-order valence-corrected chi connectivity index (χ2v) is 10.7. The highest BCUT2D eigenvalue weighted by atomic mass is 16.7. The number of hydrogen-bond acceptors (Lipinski definition) is 8. The zero-order valence-electron chi connectivity index (χ0n) is 25.0. The minimum Gasteiger partial charge on any atom is -0.454 e. The van der Waals surface area contributed by atoms with Gasteiger partial charge in [-0.1, -0.05) is 12.1 Å². The monoisotopic (exact) mass is 570 g/mol. The lowest BCUT2D eigenvalue weighted by Gasteiger charge is -2.35. The Hall–Kier alpha value is -3.82. The Morgan fingerprint density at radius 1 is 0.829 bits per heavy atom. The quantitative estimate of drug-likeness (QED) is 0.335. The van der Waals surface area contributed by atoms with Gasteiger partial charge in [0.05, 0.1) is 12.7 Å². The molecule has 2 aromatic carbocycles. The van der Waals surface area contributed by atoms with E-state index in [1.165, 1.54) is 0 Å². The molecule has 2 amide bonds. The van der Waals surface area contributed by atoms with Crippen LogP contribution in [0.3, 0.4) is 0 Å². The molecule has 224 valence electrons. The van der Waals surface area contributed by atoms with E-state index in [2.05, 4.69) is 0 Å². The van der Waals surface area contributed by atoms with Crippen LogP contribution in [0, 0.1) is 0 Å². The van der Waals surface area contributed by atoms with Gasteiger partial charge in [-0.15, -0.1) is 0 Å². The molecule has 41 heavy (non-hydrogen) atoms. The topological polar surface area (TPSA) is 96.0 Å². The Balaban J connectivity index is 1.44. The number of ether oxygens (including phenoxy) is 6. The molecule has 2 aliphatic rings. The first kappa shape index (κ1) is 30.1. The van der Waals surface area contributed by atoms with E-state index >= 15 is 0 Å². The maximum absolute atomic E-state index is 13.1. The molecule has 0 aromatic heterocycles. The van der Waals surface area contributed by atoms with Crippen molar-refractivity contribution in [3.63, 3.8) is 0 Å². The van der Waals surface area contributed by atoms with E-state index in [1.54, 1.807) is 16.7 Å². The van der Waals surface area contributed by atoms with Gasteiger partial charge in [-0.2, -0.15) is 0 Å². The van der Waals surface area contributed by atoms with Crippen LogP contribution < -0.4 is 18.9 Å². The maximum Gasteiger partial charge on any atom is 0.410 e. The summed E-state index contributed by atoms with van der Waals surface area (Å²) in [5.74, 6) is 2.63. The van der Waals surface area contributed by atoms with Crippen LogP contribution in [0.4, 0.5) is 9.59 Å². The van der Waals surface area contributed by atoms with Crippen molar-refractivity contribution < 1.29 is 38.0 Å². The minimum atomic E-state index is -0.713. The molecule has 0 saturated heterocycles. The molecule has 0 aliphatic carbocycles. The fourth-order valence-corrected chi connectivity index (χ4v) is 5.27. The molecule has 0 saturated carbocycles. The minimum absolute atomic E-state index is 0.0716. The summed E-state index contributed by atoms with van der Waals surface area (Å²) >= 11 is 0. The Labute approximate surface area is 242 Å². The lowest BCUT2D eigenvalue weighted by molar-refractivity contribution is -0.0354. The smallest absolute Gasteiger partial charge is 0.410 e. The number of carbonyl (C=O) groups is 2. The van der Waals surface area contributed by atoms with Crippen molar-refractivity contribution in [2.75, 3.05) is 19.9 Å². The zero-order chi connectivity index (χ0) is 29.7. The van der Waals surface area contributed by atoms with Crippen molar-refractivity contribution in [1.82, 2.24) is 9.80 Å². The predicted octanol–water partition coefficient (Wildman–Crippen LogP) is 5.79. The number of benzene rings is 2. The highest BCUT2D eigenvalue weighted by molar-refractivity contribution is 5.69. The Kier molecular flexibility index (Phi) is 9.73. The fraction of sp³-hybridized carbons (Fsp3) is 0.548. The van der Waals surface area contributed by atoms with E-state index in [-0.39, 0.29) is 37.7 Å². The summed E-state index contributed by atoms with van der Waals surface area (Å²) in [5, 5.41) is 0. The van der Waals surface area contributed by atoms with Gasteiger partial charge in [0.1, 0.15) is 6.04 Å². The highest BCUT2D eigenvalue weighted by Crippen LogP contribution is 2.38. The van der Waals surface area contributed by atoms with Gasteiger partial charge in [-0.3, -0.25) is 4.90 Å². The van der Waals surface area contributed by atoms with Gasteiger partial charge >= 0.3 is 12.2 Å². The van der Waals surface area contributed by atoms with Crippen molar-refractivity contribution in [2.24, 2.45) is 0 Å². The molecule has 10 nitrogen and oxygen atoms in total. The predicted molar refractivity (Wildman–Crippen MR) is 153 cm³/mol. The van der Waals surface area contributed by atoms with Gasteiger partial charge in [0.2, 0.25) is 6.79 Å². The van der Waals surface area contributed by atoms with Crippen molar-refractivity contribution in [2.45, 2.75) is 91.8 Å². The second-order valence-electron chi connectivity index (χ2n) is 10.7. The molecule has 4 unspecified atom stereocenters. The molecule has 0 fully saturated rings. The summed E-state index contributed by atoms with van der Waals surface area (Å²) in [6, 6.07) is 10.8. The van der Waals surface area contributed by atoms with Gasteiger partial charge in [0, 0.05) is 18.6 Å². The van der Waals surface area contributed by atoms with E-state index in [4.69, 9.17) is 28.4 Å². The fourth-order valence-electron chi connectivity index (χ4n) is 5.27. The first-order valence-corrected chi connectivity index (χ1v) is 14.4. The number of hydrogen-bond donors (Lipinski definition) is 0. The van der Waals surface area contributed by atoms with E-state index < -0.39 is 18.4 Å². The third-order valence-corrected chi connectivity index (χ3v) is 7.22. The first-order valence-electron chi connectivity index (χ1n) is 14.4. The first-order chi connectivity index (χ1) is 19.6. The maximum atomic E-state index is 13.1. The van der Waals surface area contributed by atoms with Crippen LogP contribution in [0.25, 0.3) is 0 Å². The van der Waals surface area contributed by atoms with E-state index in [0.717, 1.165) is 11.1 Å². The summed E-state index contributed by atoms with van der Waals surface area (Å²) in [6.07, 6.45) is -0.442. The molecule has 2 aromatic rings. The van der Waals surface area contributed by atoms with Crippen molar-refractivity contribution in [3.8, 4) is 23.0 Å². The summed E-state index contributed by atoms with van der Waals surface area (Å²) in [7, 11) is 0. The van der Waals surface area contributed by atoms with Crippen LogP contribution in [-0.4, -0.2) is 72.5 Å². The molecule has 0 radical (unpaired) electrons. The number of nitrogens with zero attached hydrogens (tertiary/aromatic N) is 2. The van der Waals surface area contributed by atoms with Gasteiger partial charge in [-0.25, -0.2) is 9.59 Å². The van der Waals surface area contributed by atoms with Crippen LogP contribution in [-0.2, 0) is 22.3 Å². The van der Waals surface area contributed by atoms with E-state index in [1.807, 2.05) is 77.9 Å². The summed E-state index contributed by atoms with van der Waals surface area (Å²) in [4.78, 5) is 29.0. The van der Waals surface area contributed by atoms with Crippen molar-refractivity contribution >= 4 is 12.2 Å². The number of amides is 2. The average Bonchev–Trinajstić information content (AvgIpc) is 3.55. The Morgan fingerprint density at radius 2 is 1.44 bits per heavy atom. The third-order valence-electron chi connectivity index (χ3n) is 7.22. The molecule has 10 heteroatoms. The second kappa shape index (κ2) is 13.2. The number of carbonyl (C=O) groups excluding carboxylic acids is 2. The van der Waals surface area contributed by atoms with Gasteiger partial charge < -0.3 is 33.3 Å². The normalized spacial score (nSPS) is 17.1. The number of fused-ring (bicyclic) bond motifs is 2. The van der Waals surface area contributed by atoms with Crippen LogP contribution in [0.5, 0.6) is 23.0 Å². The average molecular weight is 571 g/mol. The van der Waals surface area contributed by atoms with Gasteiger partial charge in [0.15, 0.2) is 23.0 Å². The molecular weight excluding hydrogens is 528 g/mol. The SMILES string of the molecule is CCOC(=O)N(C(C)Cc1ccc2c(c1)OCO2)C(C)C1Oc2ccc(CC(C)N(CC)C(=O)OC(C)C)cc2O1. The zero-order valence-corrected chi connectivity index (χ0v) is 25.0. The van der Waals surface area contributed by atoms with Gasteiger partial charge in [0.25, 0.3) is 6.29 Å². The molecule has 0 bridgehead atoms. The number of rotatable bonds is 11. The lowest BCUT2D eigenvalue weighted by Crippen LogP contribution is -2.53. The summed E-state index contributed by atoms with van der Waals surface area (Å²) < 4.78 is 34.2. The lowest BCUT2D eigenvalue weighted by atomic mass is 10.0. The largest absolute Gasteiger partial charge is 0.454 e. The van der Waals surface area contributed by atoms with Crippen molar-refractivity contribution in [1.29, 1.82) is 0 Å². The standard InChI is InChI=1S/C31H42N2O8/c1-8-32(30(34)39-19(3)4)20(5)14-23-11-13-26-28(17-23)41-29(40-26)22(7)33(31(35)36-9-2)21(6)15-24-10-12-25-27(16-24)38-18-37-25/h10-13,16-17,19-22,29H,8-9,14-15,18H2,1-7H3. The van der Waals surface area contributed by atoms with Crippen LogP contribution in [0.15, 0.2) is 36.4 Å². The Bertz CT molecular complexity index is 1220. The molecule has 2 heterocycles. The molecule has 4 rings (SSSR count). The van der Waals surface area contributed by atoms with Crippen LogP contribution in [0.1, 0.15) is 59.6 Å². The van der Waals surface area contributed by atoms with E-state index in [0.29, 0.717) is 42.4 Å². The van der Waals surface area contributed by atoms with Crippen LogP contribution in [0.2, 0.25) is 0 Å². The summed E-state index contributed by atoms with van der Waals surface area (Å²) in [6.45, 7) is 14.3. The molecule has 2 aliphatic heterocycles. The molecule has 4 atom stereocenters. The van der Waals surface area contributed by atoms with E-state index in [9.17, 15) is 9.59 Å². The molecular formula is C31H42N2O8. The number of likely N-dealkylation sites (N-methyl/N-ethyl adjacent to an activating group) is 1. The third kappa shape index (κ3) is 7.10. The van der Waals surface area contributed by atoms with Gasteiger partial charge in [-0.05, 0) is 96.7 Å². The molecule has 0 N–H and O–H groups in total. The summed E-state index contributed by atoms with van der Waals surface area (Å²) in [5.41, 5.74) is 2.01. The molecule has 0 spiro atoms. The highest BCUT2D eigenvalue weighted by Gasteiger charge is 2.38. The Morgan fingerprint density at radius 3 is 2.10 bits per heavy atom. The van der Waals surface area contributed by atoms with Crippen LogP contribution >= 0.6 is 0 Å².